The van der Waals surface area contributed by atoms with Gasteiger partial charge in [-0.2, -0.15) is 0 Å². The average Bonchev–Trinajstić information content (AvgIpc) is 2.19. The molecule has 96 valence electrons. The van der Waals surface area contributed by atoms with Crippen molar-refractivity contribution < 1.29 is 0 Å². The van der Waals surface area contributed by atoms with Gasteiger partial charge in [-0.15, -0.1) is 0 Å². The topological polar surface area (TPSA) is 24.9 Å². The molecule has 0 fully saturated rings. The molecule has 0 aliphatic heterocycles. The monoisotopic (exact) mass is 294 g/mol. The van der Waals surface area contributed by atoms with Crippen LogP contribution in [0, 0.1) is 11.3 Å². The third-order valence-corrected chi connectivity index (χ3v) is 3.90. The van der Waals surface area contributed by atoms with Gasteiger partial charge in [0.2, 0.25) is 0 Å². The van der Waals surface area contributed by atoms with Gasteiger partial charge in [-0.25, -0.2) is 4.98 Å². The average molecular weight is 296 g/mol. The summed E-state index contributed by atoms with van der Waals surface area (Å²) in [6.45, 7) is 9.56. The second-order valence-corrected chi connectivity index (χ2v) is 6.41. The standard InChI is InChI=1S/C12H17Cl3N2/c1-7(12(2,3)4)6-16-11-9(14)5-8(13)10(15)17-11/h5,7H,6H2,1-4H3,(H,16,17). The van der Waals surface area contributed by atoms with Gasteiger partial charge in [0.1, 0.15) is 11.0 Å². The lowest BCUT2D eigenvalue weighted by molar-refractivity contribution is 0.274. The van der Waals surface area contributed by atoms with Crippen LogP contribution in [-0.4, -0.2) is 11.5 Å². The van der Waals surface area contributed by atoms with Gasteiger partial charge in [0, 0.05) is 6.54 Å². The minimum atomic E-state index is 0.232. The second-order valence-electron chi connectivity index (χ2n) is 5.24. The Hall–Kier alpha value is -0.180. The van der Waals surface area contributed by atoms with Crippen LogP contribution < -0.4 is 5.32 Å². The first kappa shape index (κ1) is 14.9. The molecule has 1 rings (SSSR count). The summed E-state index contributed by atoms with van der Waals surface area (Å²) in [7, 11) is 0. The number of nitrogens with one attached hydrogen (secondary N) is 1. The smallest absolute Gasteiger partial charge is 0.150 e. The molecular formula is C12H17Cl3N2. The van der Waals surface area contributed by atoms with E-state index in [-0.39, 0.29) is 10.6 Å². The van der Waals surface area contributed by atoms with Crippen molar-refractivity contribution in [2.24, 2.45) is 11.3 Å². The molecule has 0 aromatic carbocycles. The highest BCUT2D eigenvalue weighted by Gasteiger charge is 2.20. The maximum Gasteiger partial charge on any atom is 0.150 e. The van der Waals surface area contributed by atoms with Crippen LogP contribution in [0.5, 0.6) is 0 Å². The van der Waals surface area contributed by atoms with Crippen molar-refractivity contribution >= 4 is 40.6 Å². The fourth-order valence-corrected chi connectivity index (χ4v) is 1.69. The van der Waals surface area contributed by atoms with Crippen molar-refractivity contribution in [3.05, 3.63) is 21.3 Å². The predicted molar refractivity (Wildman–Crippen MR) is 76.4 cm³/mol. The lowest BCUT2D eigenvalue weighted by Crippen LogP contribution is -2.25. The van der Waals surface area contributed by atoms with Gasteiger partial charge in [0.25, 0.3) is 0 Å². The Labute approximate surface area is 118 Å². The molecule has 0 radical (unpaired) electrons. The predicted octanol–water partition coefficient (Wildman–Crippen LogP) is 5.14. The van der Waals surface area contributed by atoms with Crippen LogP contribution in [0.3, 0.4) is 0 Å². The third kappa shape index (κ3) is 4.20. The number of hydrogen-bond donors (Lipinski definition) is 1. The Balaban J connectivity index is 2.73. The van der Waals surface area contributed by atoms with Crippen molar-refractivity contribution in [1.82, 2.24) is 4.98 Å². The number of halogens is 3. The van der Waals surface area contributed by atoms with Crippen LogP contribution in [0.15, 0.2) is 6.07 Å². The van der Waals surface area contributed by atoms with E-state index < -0.39 is 0 Å². The number of hydrogen-bond acceptors (Lipinski definition) is 2. The highest BCUT2D eigenvalue weighted by molar-refractivity contribution is 6.42. The molecule has 0 aliphatic carbocycles. The maximum absolute atomic E-state index is 6.03. The van der Waals surface area contributed by atoms with Crippen molar-refractivity contribution in [1.29, 1.82) is 0 Å². The highest BCUT2D eigenvalue weighted by atomic mass is 35.5. The molecule has 0 amide bonds. The van der Waals surface area contributed by atoms with Crippen LogP contribution in [-0.2, 0) is 0 Å². The number of rotatable bonds is 3. The molecule has 0 aliphatic rings. The number of anilines is 1. The fourth-order valence-electron chi connectivity index (χ4n) is 1.12. The molecule has 2 nitrogen and oxygen atoms in total. The van der Waals surface area contributed by atoms with Gasteiger partial charge in [-0.3, -0.25) is 0 Å². The first-order valence-corrected chi connectivity index (χ1v) is 6.60. The molecule has 17 heavy (non-hydrogen) atoms. The Morgan fingerprint density at radius 1 is 1.24 bits per heavy atom. The van der Waals surface area contributed by atoms with E-state index in [0.29, 0.717) is 21.8 Å². The highest BCUT2D eigenvalue weighted by Crippen LogP contribution is 2.30. The van der Waals surface area contributed by atoms with Crippen LogP contribution >= 0.6 is 34.8 Å². The molecule has 1 unspecified atom stereocenters. The van der Waals surface area contributed by atoms with Crippen molar-refractivity contribution in [3.8, 4) is 0 Å². The van der Waals surface area contributed by atoms with Crippen LogP contribution in [0.1, 0.15) is 27.7 Å². The number of pyridine rings is 1. The molecule has 0 saturated carbocycles. The first-order chi connectivity index (χ1) is 7.71. The van der Waals surface area contributed by atoms with Crippen LogP contribution in [0.4, 0.5) is 5.82 Å². The van der Waals surface area contributed by atoms with E-state index in [0.717, 1.165) is 6.54 Å². The van der Waals surface area contributed by atoms with E-state index in [2.05, 4.69) is 38.0 Å². The fraction of sp³-hybridized carbons (Fsp3) is 0.583. The first-order valence-electron chi connectivity index (χ1n) is 5.47. The summed E-state index contributed by atoms with van der Waals surface area (Å²) in [5, 5.41) is 4.32. The molecule has 1 N–H and O–H groups in total. The van der Waals surface area contributed by atoms with E-state index in [1.165, 1.54) is 0 Å². The van der Waals surface area contributed by atoms with Gasteiger partial charge in [-0.05, 0) is 17.4 Å². The minimum absolute atomic E-state index is 0.232. The number of nitrogens with zero attached hydrogens (tertiary/aromatic N) is 1. The second kappa shape index (κ2) is 5.64. The number of aromatic nitrogens is 1. The summed E-state index contributed by atoms with van der Waals surface area (Å²) in [6, 6.07) is 1.60. The Morgan fingerprint density at radius 3 is 2.35 bits per heavy atom. The normalized spacial score (nSPS) is 13.6. The van der Waals surface area contributed by atoms with Gasteiger partial charge in [-0.1, -0.05) is 62.5 Å². The zero-order valence-corrected chi connectivity index (χ0v) is 12.7. The molecular weight excluding hydrogens is 279 g/mol. The molecule has 0 bridgehead atoms. The summed E-state index contributed by atoms with van der Waals surface area (Å²) < 4.78 is 0. The largest absolute Gasteiger partial charge is 0.368 e. The summed E-state index contributed by atoms with van der Waals surface area (Å²) >= 11 is 17.7. The summed E-state index contributed by atoms with van der Waals surface area (Å²) in [5.41, 5.74) is 0.232. The third-order valence-electron chi connectivity index (χ3n) is 2.94. The molecule has 5 heteroatoms. The van der Waals surface area contributed by atoms with E-state index in [1.54, 1.807) is 6.07 Å². The lowest BCUT2D eigenvalue weighted by atomic mass is 9.82. The lowest BCUT2D eigenvalue weighted by Gasteiger charge is -2.27. The zero-order chi connectivity index (χ0) is 13.2. The summed E-state index contributed by atoms with van der Waals surface area (Å²) in [6.07, 6.45) is 0. The van der Waals surface area contributed by atoms with Gasteiger partial charge in [0.15, 0.2) is 0 Å². The minimum Gasteiger partial charge on any atom is -0.368 e. The van der Waals surface area contributed by atoms with E-state index in [9.17, 15) is 0 Å². The summed E-state index contributed by atoms with van der Waals surface area (Å²) in [4.78, 5) is 4.12. The van der Waals surface area contributed by atoms with Crippen molar-refractivity contribution in [2.45, 2.75) is 27.7 Å². The quantitative estimate of drug-likeness (QED) is 0.781. The molecule has 0 spiro atoms. The van der Waals surface area contributed by atoms with E-state index in [1.807, 2.05) is 0 Å². The van der Waals surface area contributed by atoms with Crippen molar-refractivity contribution in [2.75, 3.05) is 11.9 Å². The molecule has 0 saturated heterocycles. The molecule has 1 heterocycles. The Bertz CT molecular complexity index is 399. The van der Waals surface area contributed by atoms with Crippen molar-refractivity contribution in [3.63, 3.8) is 0 Å². The molecule has 1 aromatic heterocycles. The van der Waals surface area contributed by atoms with Gasteiger partial charge >= 0.3 is 0 Å². The van der Waals surface area contributed by atoms with E-state index >= 15 is 0 Å². The Morgan fingerprint density at radius 2 is 1.82 bits per heavy atom. The Kier molecular flexibility index (Phi) is 4.94. The summed E-state index contributed by atoms with van der Waals surface area (Å²) in [5.74, 6) is 1.06. The van der Waals surface area contributed by atoms with Gasteiger partial charge in [0.05, 0.1) is 10.0 Å². The zero-order valence-electron chi connectivity index (χ0n) is 10.4. The van der Waals surface area contributed by atoms with Gasteiger partial charge < -0.3 is 5.32 Å². The SMILES string of the molecule is CC(CNc1nc(Cl)c(Cl)cc1Cl)C(C)(C)C. The maximum atomic E-state index is 6.03. The molecule has 1 aromatic rings. The van der Waals surface area contributed by atoms with E-state index in [4.69, 9.17) is 34.8 Å². The molecule has 1 atom stereocenters. The van der Waals surface area contributed by atoms with Crippen LogP contribution in [0.2, 0.25) is 15.2 Å². The van der Waals surface area contributed by atoms with Crippen LogP contribution in [0.25, 0.3) is 0 Å².